The van der Waals surface area contributed by atoms with Crippen LogP contribution < -0.4 is 10.1 Å². The van der Waals surface area contributed by atoms with E-state index in [0.29, 0.717) is 5.02 Å². The van der Waals surface area contributed by atoms with Gasteiger partial charge in [0.1, 0.15) is 5.75 Å². The number of hydrogen-bond donors (Lipinski definition) is 1. The second-order valence-corrected chi connectivity index (χ2v) is 4.84. The summed E-state index contributed by atoms with van der Waals surface area (Å²) in [6, 6.07) is 5.88. The van der Waals surface area contributed by atoms with Crippen molar-refractivity contribution in [3.8, 4) is 5.75 Å². The van der Waals surface area contributed by atoms with Crippen LogP contribution in [-0.2, 0) is 0 Å². The average molecular weight is 240 g/mol. The van der Waals surface area contributed by atoms with Gasteiger partial charge in [0.05, 0.1) is 11.6 Å². The molecule has 1 aliphatic heterocycles. The molecule has 1 unspecified atom stereocenters. The van der Waals surface area contributed by atoms with Crippen LogP contribution in [0.5, 0.6) is 5.75 Å². The summed E-state index contributed by atoms with van der Waals surface area (Å²) in [4.78, 5) is 0. The minimum atomic E-state index is 0.704. The Morgan fingerprint density at radius 3 is 3.12 bits per heavy atom. The molecule has 1 aromatic rings. The predicted octanol–water partition coefficient (Wildman–Crippen LogP) is 3.03. The Hall–Kier alpha value is -0.730. The third kappa shape index (κ3) is 3.13. The van der Waals surface area contributed by atoms with Crippen molar-refractivity contribution < 1.29 is 4.74 Å². The molecule has 1 aromatic carbocycles. The zero-order chi connectivity index (χ0) is 11.4. The van der Waals surface area contributed by atoms with E-state index in [9.17, 15) is 0 Å². The van der Waals surface area contributed by atoms with Gasteiger partial charge in [-0.15, -0.1) is 0 Å². The molecule has 88 valence electrons. The van der Waals surface area contributed by atoms with E-state index in [1.165, 1.54) is 12.0 Å². The lowest BCUT2D eigenvalue weighted by molar-refractivity contribution is 0.283. The lowest BCUT2D eigenvalue weighted by atomic mass is 10.1. The van der Waals surface area contributed by atoms with Gasteiger partial charge in [-0.2, -0.15) is 0 Å². The molecule has 16 heavy (non-hydrogen) atoms. The van der Waals surface area contributed by atoms with Crippen molar-refractivity contribution in [2.45, 2.75) is 19.8 Å². The first kappa shape index (κ1) is 11.7. The maximum absolute atomic E-state index is 6.05. The van der Waals surface area contributed by atoms with Crippen LogP contribution in [0.25, 0.3) is 0 Å². The number of nitrogens with one attached hydrogen (secondary N) is 1. The maximum atomic E-state index is 6.05. The van der Waals surface area contributed by atoms with Crippen LogP contribution in [0.4, 0.5) is 0 Å². The van der Waals surface area contributed by atoms with Gasteiger partial charge in [-0.05, 0) is 56.5 Å². The number of benzene rings is 1. The maximum Gasteiger partial charge on any atom is 0.138 e. The standard InChI is InChI=1S/C13H18ClNO/c1-10-2-3-12(14)13(8-10)16-7-5-11-4-6-15-9-11/h2-3,8,11,15H,4-7,9H2,1H3. The van der Waals surface area contributed by atoms with Crippen LogP contribution in [0.2, 0.25) is 5.02 Å². The van der Waals surface area contributed by atoms with Gasteiger partial charge in [-0.1, -0.05) is 17.7 Å². The molecule has 0 radical (unpaired) electrons. The smallest absolute Gasteiger partial charge is 0.138 e. The predicted molar refractivity (Wildman–Crippen MR) is 67.3 cm³/mol. The molecular weight excluding hydrogens is 222 g/mol. The molecule has 0 aromatic heterocycles. The van der Waals surface area contributed by atoms with Crippen LogP contribution in [0.3, 0.4) is 0 Å². The normalized spacial score (nSPS) is 20.0. The molecule has 1 heterocycles. The van der Waals surface area contributed by atoms with E-state index in [0.717, 1.165) is 37.8 Å². The minimum absolute atomic E-state index is 0.704. The molecule has 0 spiro atoms. The lowest BCUT2D eigenvalue weighted by Gasteiger charge is -2.11. The fraction of sp³-hybridized carbons (Fsp3) is 0.538. The van der Waals surface area contributed by atoms with E-state index in [1.807, 2.05) is 25.1 Å². The first-order valence-electron chi connectivity index (χ1n) is 5.85. The van der Waals surface area contributed by atoms with Crippen LogP contribution in [0.1, 0.15) is 18.4 Å². The van der Waals surface area contributed by atoms with Crippen molar-refractivity contribution in [1.29, 1.82) is 0 Å². The molecular formula is C13H18ClNO. The molecule has 1 saturated heterocycles. The number of hydrogen-bond acceptors (Lipinski definition) is 2. The van der Waals surface area contributed by atoms with E-state index >= 15 is 0 Å². The van der Waals surface area contributed by atoms with Crippen molar-refractivity contribution in [2.24, 2.45) is 5.92 Å². The van der Waals surface area contributed by atoms with E-state index in [4.69, 9.17) is 16.3 Å². The molecule has 0 bridgehead atoms. The quantitative estimate of drug-likeness (QED) is 0.872. The fourth-order valence-corrected chi connectivity index (χ4v) is 2.19. The number of rotatable bonds is 4. The Morgan fingerprint density at radius 2 is 2.38 bits per heavy atom. The lowest BCUT2D eigenvalue weighted by Crippen LogP contribution is -2.11. The highest BCUT2D eigenvalue weighted by Crippen LogP contribution is 2.25. The second kappa shape index (κ2) is 5.55. The molecule has 1 atom stereocenters. The third-order valence-corrected chi connectivity index (χ3v) is 3.34. The van der Waals surface area contributed by atoms with Crippen molar-refractivity contribution in [3.05, 3.63) is 28.8 Å². The Bertz CT molecular complexity index is 348. The topological polar surface area (TPSA) is 21.3 Å². The molecule has 1 N–H and O–H groups in total. The zero-order valence-electron chi connectivity index (χ0n) is 9.63. The van der Waals surface area contributed by atoms with Gasteiger partial charge in [0.15, 0.2) is 0 Å². The molecule has 1 aliphatic rings. The van der Waals surface area contributed by atoms with E-state index < -0.39 is 0 Å². The van der Waals surface area contributed by atoms with E-state index in [1.54, 1.807) is 0 Å². The van der Waals surface area contributed by atoms with Gasteiger partial charge < -0.3 is 10.1 Å². The fourth-order valence-electron chi connectivity index (χ4n) is 2.02. The summed E-state index contributed by atoms with van der Waals surface area (Å²) in [5.41, 5.74) is 1.18. The largest absolute Gasteiger partial charge is 0.492 e. The summed E-state index contributed by atoms with van der Waals surface area (Å²) in [6.45, 7) is 5.08. The number of halogens is 1. The summed E-state index contributed by atoms with van der Waals surface area (Å²) in [6.07, 6.45) is 2.38. The molecule has 0 amide bonds. The molecule has 0 aliphatic carbocycles. The monoisotopic (exact) mass is 239 g/mol. The number of ether oxygens (including phenoxy) is 1. The van der Waals surface area contributed by atoms with Gasteiger partial charge in [-0.3, -0.25) is 0 Å². The van der Waals surface area contributed by atoms with Gasteiger partial charge in [0, 0.05) is 0 Å². The molecule has 3 heteroatoms. The third-order valence-electron chi connectivity index (χ3n) is 3.03. The zero-order valence-corrected chi connectivity index (χ0v) is 10.4. The van der Waals surface area contributed by atoms with Crippen LogP contribution >= 0.6 is 11.6 Å². The van der Waals surface area contributed by atoms with Crippen LogP contribution in [0.15, 0.2) is 18.2 Å². The first-order chi connectivity index (χ1) is 7.75. The van der Waals surface area contributed by atoms with Gasteiger partial charge in [0.2, 0.25) is 0 Å². The highest BCUT2D eigenvalue weighted by atomic mass is 35.5. The summed E-state index contributed by atoms with van der Waals surface area (Å²) in [5, 5.41) is 4.06. The molecule has 2 rings (SSSR count). The first-order valence-corrected chi connectivity index (χ1v) is 6.23. The molecule has 0 saturated carbocycles. The van der Waals surface area contributed by atoms with Crippen molar-refractivity contribution in [2.75, 3.05) is 19.7 Å². The second-order valence-electron chi connectivity index (χ2n) is 4.43. The molecule has 2 nitrogen and oxygen atoms in total. The summed E-state index contributed by atoms with van der Waals surface area (Å²) in [5.74, 6) is 1.58. The minimum Gasteiger partial charge on any atom is -0.492 e. The van der Waals surface area contributed by atoms with Gasteiger partial charge in [0.25, 0.3) is 0 Å². The van der Waals surface area contributed by atoms with Crippen molar-refractivity contribution in [1.82, 2.24) is 5.32 Å². The van der Waals surface area contributed by atoms with E-state index in [-0.39, 0.29) is 0 Å². The summed E-state index contributed by atoms with van der Waals surface area (Å²) < 4.78 is 5.72. The Labute approximate surface area is 102 Å². The number of aryl methyl sites for hydroxylation is 1. The van der Waals surface area contributed by atoms with Crippen molar-refractivity contribution >= 4 is 11.6 Å². The highest BCUT2D eigenvalue weighted by Gasteiger charge is 2.14. The van der Waals surface area contributed by atoms with Gasteiger partial charge >= 0.3 is 0 Å². The molecule has 1 fully saturated rings. The Balaban J connectivity index is 1.82. The SMILES string of the molecule is Cc1ccc(Cl)c(OCCC2CCNC2)c1. The van der Waals surface area contributed by atoms with Crippen LogP contribution in [0, 0.1) is 12.8 Å². The Morgan fingerprint density at radius 1 is 1.50 bits per heavy atom. The summed E-state index contributed by atoms with van der Waals surface area (Å²) >= 11 is 6.05. The van der Waals surface area contributed by atoms with Crippen LogP contribution in [-0.4, -0.2) is 19.7 Å². The Kier molecular flexibility index (Phi) is 4.08. The van der Waals surface area contributed by atoms with Crippen molar-refractivity contribution in [3.63, 3.8) is 0 Å². The summed E-state index contributed by atoms with van der Waals surface area (Å²) in [7, 11) is 0. The van der Waals surface area contributed by atoms with E-state index in [2.05, 4.69) is 5.32 Å². The average Bonchev–Trinajstić information content (AvgIpc) is 2.76. The van der Waals surface area contributed by atoms with Gasteiger partial charge in [-0.25, -0.2) is 0 Å². The highest BCUT2D eigenvalue weighted by molar-refractivity contribution is 6.32.